The van der Waals surface area contributed by atoms with Gasteiger partial charge in [0.05, 0.1) is 24.3 Å². The number of rotatable bonds is 4. The van der Waals surface area contributed by atoms with Crippen LogP contribution < -0.4 is 15.8 Å². The first kappa shape index (κ1) is 15.7. The topological polar surface area (TPSA) is 73.6 Å². The summed E-state index contributed by atoms with van der Waals surface area (Å²) < 4.78 is 24.4. The molecule has 1 saturated heterocycles. The van der Waals surface area contributed by atoms with E-state index in [4.69, 9.17) is 15.2 Å². The number of nitrogens with two attached hydrogens (primary N) is 1. The van der Waals surface area contributed by atoms with Crippen LogP contribution in [0, 0.1) is 5.82 Å². The largest absolute Gasteiger partial charge is 0.496 e. The Kier molecular flexibility index (Phi) is 4.80. The average Bonchev–Trinajstić information content (AvgIpc) is 2.47. The van der Waals surface area contributed by atoms with Crippen LogP contribution in [0.4, 0.5) is 4.39 Å². The number of carbonyl (C=O) groups is 1. The van der Waals surface area contributed by atoms with E-state index in [1.807, 2.05) is 0 Å². The number of methoxy groups -OCH3 is 1. The Balaban J connectivity index is 2.14. The second-order valence-electron chi connectivity index (χ2n) is 5.32. The smallest absolute Gasteiger partial charge is 0.240 e. The van der Waals surface area contributed by atoms with E-state index in [9.17, 15) is 9.18 Å². The molecule has 1 fully saturated rings. The molecule has 21 heavy (non-hydrogen) atoms. The van der Waals surface area contributed by atoms with Gasteiger partial charge in [-0.3, -0.25) is 4.79 Å². The van der Waals surface area contributed by atoms with Crippen LogP contribution >= 0.6 is 0 Å². The molecule has 1 unspecified atom stereocenters. The fourth-order valence-corrected chi connectivity index (χ4v) is 2.49. The van der Waals surface area contributed by atoms with Crippen molar-refractivity contribution in [3.05, 3.63) is 29.6 Å². The van der Waals surface area contributed by atoms with Crippen molar-refractivity contribution >= 4 is 5.91 Å². The molecule has 5 nitrogen and oxygen atoms in total. The maximum atomic E-state index is 14.0. The van der Waals surface area contributed by atoms with Crippen LogP contribution in [0.1, 0.15) is 31.4 Å². The van der Waals surface area contributed by atoms with Gasteiger partial charge in [-0.25, -0.2) is 4.39 Å². The lowest BCUT2D eigenvalue weighted by Gasteiger charge is -2.33. The molecular weight excluding hydrogens is 275 g/mol. The van der Waals surface area contributed by atoms with Gasteiger partial charge in [-0.2, -0.15) is 0 Å². The average molecular weight is 296 g/mol. The van der Waals surface area contributed by atoms with Crippen LogP contribution in [0.2, 0.25) is 0 Å². The number of hydrogen-bond acceptors (Lipinski definition) is 4. The van der Waals surface area contributed by atoms with Gasteiger partial charge in [0, 0.05) is 13.2 Å². The highest BCUT2D eigenvalue weighted by Gasteiger charge is 2.37. The number of halogens is 1. The van der Waals surface area contributed by atoms with Crippen molar-refractivity contribution in [3.63, 3.8) is 0 Å². The first-order chi connectivity index (χ1) is 9.98. The predicted octanol–water partition coefficient (Wildman–Crippen LogP) is 1.52. The van der Waals surface area contributed by atoms with E-state index in [-0.39, 0.29) is 5.91 Å². The first-order valence-corrected chi connectivity index (χ1v) is 6.98. The third-order valence-electron chi connectivity index (χ3n) is 3.85. The molecule has 1 aromatic carbocycles. The van der Waals surface area contributed by atoms with E-state index >= 15 is 0 Å². The third kappa shape index (κ3) is 3.33. The van der Waals surface area contributed by atoms with Crippen molar-refractivity contribution < 1.29 is 18.7 Å². The normalized spacial score (nSPS) is 18.9. The molecule has 6 heteroatoms. The van der Waals surface area contributed by atoms with E-state index in [0.717, 1.165) is 0 Å². The molecule has 2 rings (SSSR count). The van der Waals surface area contributed by atoms with Gasteiger partial charge in [0.2, 0.25) is 5.91 Å². The number of hydrogen-bond donors (Lipinski definition) is 2. The molecule has 0 bridgehead atoms. The van der Waals surface area contributed by atoms with Gasteiger partial charge in [-0.15, -0.1) is 0 Å². The minimum Gasteiger partial charge on any atom is -0.496 e. The number of ether oxygens (including phenoxy) is 2. The predicted molar refractivity (Wildman–Crippen MR) is 76.5 cm³/mol. The molecule has 1 aromatic rings. The van der Waals surface area contributed by atoms with Gasteiger partial charge < -0.3 is 20.5 Å². The molecule has 1 aliphatic rings. The van der Waals surface area contributed by atoms with Crippen molar-refractivity contribution in [1.29, 1.82) is 0 Å². The van der Waals surface area contributed by atoms with Crippen molar-refractivity contribution in [2.24, 2.45) is 5.73 Å². The lowest BCUT2D eigenvalue weighted by Crippen LogP contribution is -2.57. The van der Waals surface area contributed by atoms with E-state index in [0.29, 0.717) is 37.4 Å². The highest BCUT2D eigenvalue weighted by molar-refractivity contribution is 5.86. The summed E-state index contributed by atoms with van der Waals surface area (Å²) in [6.45, 7) is 2.63. The summed E-state index contributed by atoms with van der Waals surface area (Å²) in [6, 6.07) is 4.03. The van der Waals surface area contributed by atoms with Gasteiger partial charge in [0.25, 0.3) is 0 Å². The summed E-state index contributed by atoms with van der Waals surface area (Å²) in [4.78, 5) is 12.4. The minimum atomic E-state index is -0.953. The van der Waals surface area contributed by atoms with Crippen molar-refractivity contribution in [1.82, 2.24) is 5.32 Å². The molecule has 0 spiro atoms. The van der Waals surface area contributed by atoms with E-state index in [1.54, 1.807) is 19.1 Å². The first-order valence-electron chi connectivity index (χ1n) is 6.98. The highest BCUT2D eigenvalue weighted by atomic mass is 19.1. The van der Waals surface area contributed by atoms with E-state index < -0.39 is 17.4 Å². The minimum absolute atomic E-state index is 0.288. The fraction of sp³-hybridized carbons (Fsp3) is 0.533. The Hall–Kier alpha value is -1.66. The van der Waals surface area contributed by atoms with Gasteiger partial charge in [0.1, 0.15) is 11.6 Å². The lowest BCUT2D eigenvalue weighted by molar-refractivity contribution is -0.130. The molecule has 1 heterocycles. The summed E-state index contributed by atoms with van der Waals surface area (Å²) in [5, 5.41) is 2.78. The number of amides is 1. The Bertz CT molecular complexity index is 516. The van der Waals surface area contributed by atoms with Crippen molar-refractivity contribution in [2.75, 3.05) is 20.3 Å². The molecule has 3 N–H and O–H groups in total. The number of nitrogens with one attached hydrogen (secondary N) is 1. The lowest BCUT2D eigenvalue weighted by atomic mass is 9.90. The Morgan fingerprint density at radius 3 is 2.76 bits per heavy atom. The Labute approximate surface area is 123 Å². The van der Waals surface area contributed by atoms with Gasteiger partial charge in [-0.1, -0.05) is 6.07 Å². The van der Waals surface area contributed by atoms with E-state index in [2.05, 4.69) is 5.32 Å². The fourth-order valence-electron chi connectivity index (χ4n) is 2.49. The van der Waals surface area contributed by atoms with Crippen LogP contribution in [0.3, 0.4) is 0 Å². The van der Waals surface area contributed by atoms with Crippen LogP contribution in [0.5, 0.6) is 5.75 Å². The molecule has 1 aliphatic heterocycles. The molecule has 0 saturated carbocycles. The van der Waals surface area contributed by atoms with Crippen LogP contribution in [0.25, 0.3) is 0 Å². The van der Waals surface area contributed by atoms with Crippen LogP contribution in [0.15, 0.2) is 18.2 Å². The third-order valence-corrected chi connectivity index (χ3v) is 3.85. The zero-order valence-corrected chi connectivity index (χ0v) is 12.3. The molecule has 1 amide bonds. The quantitative estimate of drug-likeness (QED) is 0.883. The zero-order chi connectivity index (χ0) is 15.5. The van der Waals surface area contributed by atoms with Crippen LogP contribution in [-0.4, -0.2) is 31.8 Å². The molecule has 0 radical (unpaired) electrons. The maximum absolute atomic E-state index is 14.0. The molecule has 0 aromatic heterocycles. The molecular formula is C15H21FN2O3. The number of benzene rings is 1. The van der Waals surface area contributed by atoms with Gasteiger partial charge in [-0.05, 0) is 31.9 Å². The second kappa shape index (κ2) is 6.41. The second-order valence-corrected chi connectivity index (χ2v) is 5.32. The standard InChI is InChI=1S/C15H21FN2O3/c1-10(13-11(16)4-3-5-12(13)20-2)18-14(19)15(17)6-8-21-9-7-15/h3-5,10H,6-9,17H2,1-2H3,(H,18,19). The number of carbonyl (C=O) groups excluding carboxylic acids is 1. The summed E-state index contributed by atoms with van der Waals surface area (Å²) in [6.07, 6.45) is 0.917. The summed E-state index contributed by atoms with van der Waals surface area (Å²) in [5.41, 5.74) is 5.49. The molecule has 0 aliphatic carbocycles. The van der Waals surface area contributed by atoms with Crippen LogP contribution in [-0.2, 0) is 9.53 Å². The molecule has 116 valence electrons. The Morgan fingerprint density at radius 1 is 1.48 bits per heavy atom. The van der Waals surface area contributed by atoms with Gasteiger partial charge >= 0.3 is 0 Å². The zero-order valence-electron chi connectivity index (χ0n) is 12.3. The van der Waals surface area contributed by atoms with Gasteiger partial charge in [0.15, 0.2) is 0 Å². The highest BCUT2D eigenvalue weighted by Crippen LogP contribution is 2.28. The summed E-state index contributed by atoms with van der Waals surface area (Å²) >= 11 is 0. The monoisotopic (exact) mass is 296 g/mol. The summed E-state index contributed by atoms with van der Waals surface area (Å²) in [5.74, 6) is -0.301. The van der Waals surface area contributed by atoms with E-state index in [1.165, 1.54) is 13.2 Å². The summed E-state index contributed by atoms with van der Waals surface area (Å²) in [7, 11) is 1.47. The van der Waals surface area contributed by atoms with Crippen molar-refractivity contribution in [3.8, 4) is 5.75 Å². The SMILES string of the molecule is COc1cccc(F)c1C(C)NC(=O)C1(N)CCOCC1. The maximum Gasteiger partial charge on any atom is 0.240 e. The molecule has 1 atom stereocenters. The van der Waals surface area contributed by atoms with Crippen molar-refractivity contribution in [2.45, 2.75) is 31.3 Å². The Morgan fingerprint density at radius 2 is 2.14 bits per heavy atom.